The number of halogens is 1. The van der Waals surface area contributed by atoms with Gasteiger partial charge < -0.3 is 10.2 Å². The molecule has 0 saturated carbocycles. The number of benzene rings is 1. The number of nitrogens with zero attached hydrogens (tertiary/aromatic N) is 3. The third kappa shape index (κ3) is 4.20. The van der Waals surface area contributed by atoms with Crippen LogP contribution in [0.2, 0.25) is 0 Å². The van der Waals surface area contributed by atoms with Crippen LogP contribution >= 0.6 is 11.3 Å². The third-order valence-corrected chi connectivity index (χ3v) is 6.03. The van der Waals surface area contributed by atoms with E-state index in [0.29, 0.717) is 17.1 Å². The molecule has 7 heteroatoms. The molecule has 2 heterocycles. The second-order valence-electron chi connectivity index (χ2n) is 6.67. The molecular weight excluding hydrogens is 351 g/mol. The first-order chi connectivity index (χ1) is 12.6. The topological polar surface area (TPSA) is 58.1 Å². The highest BCUT2D eigenvalue weighted by atomic mass is 32.1. The van der Waals surface area contributed by atoms with E-state index in [-0.39, 0.29) is 23.8 Å². The van der Waals surface area contributed by atoms with Gasteiger partial charge in [0.1, 0.15) is 10.8 Å². The molecule has 1 fully saturated rings. The molecule has 1 aromatic carbocycles. The van der Waals surface area contributed by atoms with Gasteiger partial charge in [0.2, 0.25) is 0 Å². The van der Waals surface area contributed by atoms with Gasteiger partial charge in [0.05, 0.1) is 0 Å². The number of amides is 2. The van der Waals surface area contributed by atoms with E-state index in [1.54, 1.807) is 18.2 Å². The van der Waals surface area contributed by atoms with Crippen molar-refractivity contribution in [1.29, 1.82) is 0 Å². The summed E-state index contributed by atoms with van der Waals surface area (Å²) in [7, 11) is 0. The molecule has 0 radical (unpaired) electrons. The molecule has 26 heavy (non-hydrogen) atoms. The van der Waals surface area contributed by atoms with Crippen LogP contribution in [0.1, 0.15) is 50.5 Å². The highest BCUT2D eigenvalue weighted by Gasteiger charge is 2.28. The summed E-state index contributed by atoms with van der Waals surface area (Å²) in [5, 5.41) is 13.0. The van der Waals surface area contributed by atoms with Crippen molar-refractivity contribution < 1.29 is 9.18 Å². The van der Waals surface area contributed by atoms with E-state index in [1.807, 2.05) is 4.90 Å². The number of likely N-dealkylation sites (tertiary alicyclic amines) is 1. The van der Waals surface area contributed by atoms with Crippen LogP contribution in [0, 0.1) is 5.82 Å². The van der Waals surface area contributed by atoms with Crippen LogP contribution < -0.4 is 5.32 Å². The van der Waals surface area contributed by atoms with Crippen molar-refractivity contribution in [2.45, 2.75) is 51.5 Å². The average molecular weight is 377 g/mol. The monoisotopic (exact) mass is 376 g/mol. The van der Waals surface area contributed by atoms with Gasteiger partial charge in [-0.25, -0.2) is 9.18 Å². The second-order valence-corrected chi connectivity index (χ2v) is 7.68. The first-order valence-corrected chi connectivity index (χ1v) is 10.1. The molecule has 1 aliphatic rings. The summed E-state index contributed by atoms with van der Waals surface area (Å²) in [6.45, 7) is 5.57. The van der Waals surface area contributed by atoms with Crippen LogP contribution in [0.25, 0.3) is 10.6 Å². The number of aromatic nitrogens is 2. The van der Waals surface area contributed by atoms with Crippen LogP contribution in [0.15, 0.2) is 24.3 Å². The second kappa shape index (κ2) is 8.58. The Morgan fingerprint density at radius 2 is 2.12 bits per heavy atom. The lowest BCUT2D eigenvalue weighted by Crippen LogP contribution is -2.48. The van der Waals surface area contributed by atoms with Crippen molar-refractivity contribution in [1.82, 2.24) is 20.4 Å². The minimum Gasteiger partial charge on any atom is -0.335 e. The zero-order chi connectivity index (χ0) is 18.5. The van der Waals surface area contributed by atoms with Crippen molar-refractivity contribution >= 4 is 17.4 Å². The Balaban J connectivity index is 1.69. The SMILES string of the molecule is CCC(CC)NC(=O)N1CCCC(c2nnc(-c3ccccc3F)s2)C1. The van der Waals surface area contributed by atoms with E-state index in [0.717, 1.165) is 37.2 Å². The lowest BCUT2D eigenvalue weighted by Gasteiger charge is -2.32. The van der Waals surface area contributed by atoms with Crippen molar-refractivity contribution in [2.75, 3.05) is 13.1 Å². The summed E-state index contributed by atoms with van der Waals surface area (Å²) < 4.78 is 14.0. The predicted molar refractivity (Wildman–Crippen MR) is 102 cm³/mol. The number of carbonyl (C=O) groups excluding carboxylic acids is 1. The maximum Gasteiger partial charge on any atom is 0.317 e. The highest BCUT2D eigenvalue weighted by Crippen LogP contribution is 2.33. The Morgan fingerprint density at radius 1 is 1.35 bits per heavy atom. The zero-order valence-electron chi connectivity index (χ0n) is 15.2. The molecule has 140 valence electrons. The van der Waals surface area contributed by atoms with Crippen molar-refractivity contribution in [3.63, 3.8) is 0 Å². The first kappa shape index (κ1) is 18.8. The number of urea groups is 1. The fourth-order valence-electron chi connectivity index (χ4n) is 3.26. The number of carbonyl (C=O) groups is 1. The van der Waals surface area contributed by atoms with Crippen molar-refractivity contribution in [2.24, 2.45) is 0 Å². The smallest absolute Gasteiger partial charge is 0.317 e. The quantitative estimate of drug-likeness (QED) is 0.840. The van der Waals surface area contributed by atoms with Gasteiger partial charge in [-0.2, -0.15) is 0 Å². The van der Waals surface area contributed by atoms with Gasteiger partial charge in [-0.1, -0.05) is 37.3 Å². The number of hydrogen-bond acceptors (Lipinski definition) is 4. The summed E-state index contributed by atoms with van der Waals surface area (Å²) in [4.78, 5) is 14.4. The van der Waals surface area contributed by atoms with Crippen molar-refractivity contribution in [3.05, 3.63) is 35.1 Å². The predicted octanol–water partition coefficient (Wildman–Crippen LogP) is 4.42. The van der Waals surface area contributed by atoms with Gasteiger partial charge in [-0.3, -0.25) is 0 Å². The van der Waals surface area contributed by atoms with E-state index in [4.69, 9.17) is 0 Å². The minimum atomic E-state index is -0.287. The molecule has 3 rings (SSSR count). The lowest BCUT2D eigenvalue weighted by atomic mass is 9.99. The molecule has 1 aromatic heterocycles. The largest absolute Gasteiger partial charge is 0.335 e. The third-order valence-electron chi connectivity index (χ3n) is 4.92. The maximum absolute atomic E-state index is 14.0. The molecule has 1 N–H and O–H groups in total. The standard InChI is InChI=1S/C19H25FN4OS/c1-3-14(4-2)21-19(25)24-11-7-8-13(12-24)17-22-23-18(26-17)15-9-5-6-10-16(15)20/h5-6,9-10,13-14H,3-4,7-8,11-12H2,1-2H3,(H,21,25). The Hall–Kier alpha value is -2.02. The number of rotatable bonds is 5. The van der Waals surface area contributed by atoms with Gasteiger partial charge >= 0.3 is 6.03 Å². The summed E-state index contributed by atoms with van der Waals surface area (Å²) in [6.07, 6.45) is 3.78. The molecule has 0 aliphatic carbocycles. The molecule has 5 nitrogen and oxygen atoms in total. The Bertz CT molecular complexity index is 747. The molecule has 2 amide bonds. The van der Waals surface area contributed by atoms with Crippen LogP contribution in [-0.4, -0.2) is 40.3 Å². The van der Waals surface area contributed by atoms with E-state index in [9.17, 15) is 9.18 Å². The molecule has 1 unspecified atom stereocenters. The van der Waals surface area contributed by atoms with Crippen molar-refractivity contribution in [3.8, 4) is 10.6 Å². The Morgan fingerprint density at radius 3 is 2.85 bits per heavy atom. The van der Waals surface area contributed by atoms with Crippen LogP contribution in [0.3, 0.4) is 0 Å². The van der Waals surface area contributed by atoms with Gasteiger partial charge in [0.25, 0.3) is 0 Å². The molecule has 2 aromatic rings. The molecule has 1 saturated heterocycles. The van der Waals surface area contributed by atoms with Crippen LogP contribution in [0.4, 0.5) is 9.18 Å². The van der Waals surface area contributed by atoms with Crippen LogP contribution in [-0.2, 0) is 0 Å². The fourth-order valence-corrected chi connectivity index (χ4v) is 4.26. The lowest BCUT2D eigenvalue weighted by molar-refractivity contribution is 0.175. The summed E-state index contributed by atoms with van der Waals surface area (Å²) in [5.41, 5.74) is 0.482. The van der Waals surface area contributed by atoms with Gasteiger partial charge in [-0.05, 0) is 37.8 Å². The van der Waals surface area contributed by atoms with Gasteiger partial charge in [-0.15, -0.1) is 10.2 Å². The molecular formula is C19H25FN4OS. The summed E-state index contributed by atoms with van der Waals surface area (Å²) >= 11 is 1.42. The van der Waals surface area contributed by atoms with E-state index >= 15 is 0 Å². The normalized spacial score (nSPS) is 17.5. The number of nitrogens with one attached hydrogen (secondary N) is 1. The molecule has 1 aliphatic heterocycles. The van der Waals surface area contributed by atoms with Gasteiger partial charge in [0, 0.05) is 30.6 Å². The van der Waals surface area contributed by atoms with E-state index in [2.05, 4.69) is 29.4 Å². The van der Waals surface area contributed by atoms with Crippen LogP contribution in [0.5, 0.6) is 0 Å². The minimum absolute atomic E-state index is 0.00208. The Labute approximate surface area is 157 Å². The fraction of sp³-hybridized carbons (Fsp3) is 0.526. The Kier molecular flexibility index (Phi) is 6.19. The molecule has 1 atom stereocenters. The molecule has 0 spiro atoms. The highest BCUT2D eigenvalue weighted by molar-refractivity contribution is 7.14. The number of hydrogen-bond donors (Lipinski definition) is 1. The molecule has 0 bridgehead atoms. The summed E-state index contributed by atoms with van der Waals surface area (Å²) in [5.74, 6) is -0.126. The number of piperidine rings is 1. The zero-order valence-corrected chi connectivity index (χ0v) is 16.1. The van der Waals surface area contributed by atoms with E-state index in [1.165, 1.54) is 17.4 Å². The van der Waals surface area contributed by atoms with Gasteiger partial charge in [0.15, 0.2) is 5.01 Å². The summed E-state index contributed by atoms with van der Waals surface area (Å²) in [6, 6.07) is 6.83. The first-order valence-electron chi connectivity index (χ1n) is 9.26. The average Bonchev–Trinajstić information content (AvgIpc) is 3.16. The van der Waals surface area contributed by atoms with E-state index < -0.39 is 0 Å². The maximum atomic E-state index is 14.0.